The van der Waals surface area contributed by atoms with Gasteiger partial charge in [0.25, 0.3) is 0 Å². The van der Waals surface area contributed by atoms with Crippen molar-refractivity contribution in [2.45, 2.75) is 30.5 Å². The maximum Gasteiger partial charge on any atom is 0.309 e. The maximum absolute atomic E-state index is 10.8. The van der Waals surface area contributed by atoms with Crippen LogP contribution in [0.5, 0.6) is 0 Å². The third kappa shape index (κ3) is 4.39. The van der Waals surface area contributed by atoms with Gasteiger partial charge in [-0.3, -0.25) is 4.79 Å². The minimum absolute atomic E-state index is 0.0726. The molecule has 0 aromatic rings. The first kappa shape index (κ1) is 13.3. The Hall–Kier alpha value is 0.340. The molecular weight excluding hydrogens is 234 g/mol. The number of halogens is 3. The molecule has 2 nitrogen and oxygen atoms in total. The van der Waals surface area contributed by atoms with Crippen LogP contribution in [0.4, 0.5) is 0 Å². The van der Waals surface area contributed by atoms with Crippen LogP contribution < -0.4 is 0 Å². The lowest BCUT2D eigenvalue weighted by atomic mass is 9.99. The van der Waals surface area contributed by atoms with Crippen LogP contribution in [0.3, 0.4) is 0 Å². The van der Waals surface area contributed by atoms with Gasteiger partial charge in [0, 0.05) is 0 Å². The van der Waals surface area contributed by atoms with E-state index >= 15 is 0 Å². The Balaban J connectivity index is 4.32. The van der Waals surface area contributed by atoms with Crippen molar-refractivity contribution in [1.29, 1.82) is 0 Å². The molecule has 1 N–H and O–H groups in total. The lowest BCUT2D eigenvalue weighted by Gasteiger charge is -2.24. The summed E-state index contributed by atoms with van der Waals surface area (Å²) in [5.41, 5.74) is 0. The highest BCUT2D eigenvalue weighted by molar-refractivity contribution is 6.52. The number of carbonyl (C=O) groups is 1. The normalized spacial score (nSPS) is 14.2. The number of alkyl halides is 3. The van der Waals surface area contributed by atoms with Gasteiger partial charge in [0.2, 0.25) is 0 Å². The Morgan fingerprint density at radius 2 is 2.08 bits per heavy atom. The van der Waals surface area contributed by atoms with Gasteiger partial charge in [0.05, 0.1) is 11.8 Å². The summed E-state index contributed by atoms with van der Waals surface area (Å²) in [6.07, 6.45) is 2.16. The number of aliphatic carboxylic acids is 1. The smallest absolute Gasteiger partial charge is 0.309 e. The summed E-state index contributed by atoms with van der Waals surface area (Å²) >= 11 is 17.0. The second-order valence-corrected chi connectivity index (χ2v) is 4.74. The Bertz CT molecular complexity index is 171. The Labute approximate surface area is 93.2 Å². The summed E-state index contributed by atoms with van der Waals surface area (Å²) in [5.74, 6) is -1.84. The van der Waals surface area contributed by atoms with E-state index in [9.17, 15) is 4.79 Å². The van der Waals surface area contributed by atoms with Crippen molar-refractivity contribution in [2.75, 3.05) is 5.88 Å². The second kappa shape index (κ2) is 5.94. The lowest BCUT2D eigenvalue weighted by molar-refractivity contribution is -0.142. The molecule has 0 aliphatic carbocycles. The molecule has 1 atom stereocenters. The predicted octanol–water partition coefficient (Wildman–Crippen LogP) is 3.29. The molecule has 0 radical (unpaired) electrons. The first-order valence-corrected chi connectivity index (χ1v) is 5.41. The van der Waals surface area contributed by atoms with E-state index in [1.165, 1.54) is 0 Å². The quantitative estimate of drug-likeness (QED) is 0.731. The van der Waals surface area contributed by atoms with Gasteiger partial charge in [-0.05, 0) is 6.42 Å². The largest absolute Gasteiger partial charge is 0.481 e. The summed E-state index contributed by atoms with van der Waals surface area (Å²) in [5, 5.41) is 8.84. The Morgan fingerprint density at radius 1 is 1.54 bits per heavy atom. The number of carboxylic acid groups (broad SMARTS) is 1. The molecule has 0 heterocycles. The van der Waals surface area contributed by atoms with Gasteiger partial charge in [0.1, 0.15) is 4.33 Å². The molecule has 0 rings (SSSR count). The van der Waals surface area contributed by atoms with Crippen molar-refractivity contribution in [3.63, 3.8) is 0 Å². The molecule has 0 bridgehead atoms. The molecule has 0 saturated heterocycles. The molecule has 0 saturated carbocycles. The summed E-state index contributed by atoms with van der Waals surface area (Å²) in [6, 6.07) is 0. The van der Waals surface area contributed by atoms with Crippen molar-refractivity contribution in [3.8, 4) is 0 Å². The summed E-state index contributed by atoms with van der Waals surface area (Å²) in [6.45, 7) is 1.98. The minimum atomic E-state index is -1.36. The molecule has 78 valence electrons. The summed E-state index contributed by atoms with van der Waals surface area (Å²) < 4.78 is -1.36. The highest BCUT2D eigenvalue weighted by Gasteiger charge is 2.38. The maximum atomic E-state index is 10.8. The Morgan fingerprint density at radius 3 is 2.38 bits per heavy atom. The summed E-state index contributed by atoms with van der Waals surface area (Å²) in [4.78, 5) is 10.8. The number of rotatable bonds is 6. The zero-order chi connectivity index (χ0) is 10.5. The molecule has 1 unspecified atom stereocenters. The van der Waals surface area contributed by atoms with Gasteiger partial charge in [-0.15, -0.1) is 11.6 Å². The fraction of sp³-hybridized carbons (Fsp3) is 0.875. The average Bonchev–Trinajstić information content (AvgIpc) is 2.04. The van der Waals surface area contributed by atoms with Gasteiger partial charge >= 0.3 is 5.97 Å². The van der Waals surface area contributed by atoms with Crippen molar-refractivity contribution >= 4 is 40.8 Å². The third-order valence-corrected chi connectivity index (χ3v) is 3.32. The van der Waals surface area contributed by atoms with Gasteiger partial charge < -0.3 is 5.11 Å². The minimum Gasteiger partial charge on any atom is -0.481 e. The molecule has 0 aliphatic heterocycles. The number of hydrogen-bond acceptors (Lipinski definition) is 1. The van der Waals surface area contributed by atoms with E-state index in [0.29, 0.717) is 6.42 Å². The highest BCUT2D eigenvalue weighted by Crippen LogP contribution is 2.35. The van der Waals surface area contributed by atoms with Crippen molar-refractivity contribution in [1.82, 2.24) is 0 Å². The van der Waals surface area contributed by atoms with E-state index in [2.05, 4.69) is 0 Å². The number of unbranched alkanes of at least 4 members (excludes halogenated alkanes) is 1. The summed E-state index contributed by atoms with van der Waals surface area (Å²) in [7, 11) is 0. The van der Waals surface area contributed by atoms with E-state index in [0.717, 1.165) is 12.8 Å². The molecular formula is C8H13Cl3O2. The first-order valence-electron chi connectivity index (χ1n) is 4.12. The van der Waals surface area contributed by atoms with Crippen LogP contribution in [0, 0.1) is 5.92 Å². The van der Waals surface area contributed by atoms with E-state index in [4.69, 9.17) is 39.9 Å². The Kier molecular flexibility index (Phi) is 6.10. The fourth-order valence-electron chi connectivity index (χ4n) is 1.02. The first-order chi connectivity index (χ1) is 5.95. The molecule has 13 heavy (non-hydrogen) atoms. The van der Waals surface area contributed by atoms with Crippen LogP contribution in [0.2, 0.25) is 0 Å². The van der Waals surface area contributed by atoms with Crippen LogP contribution in [0.25, 0.3) is 0 Å². The van der Waals surface area contributed by atoms with E-state index in [1.54, 1.807) is 0 Å². The average molecular weight is 248 g/mol. The SMILES string of the molecule is CCCCC(C(=O)O)C(Cl)(Cl)CCl. The molecule has 0 spiro atoms. The number of hydrogen-bond donors (Lipinski definition) is 1. The zero-order valence-corrected chi connectivity index (χ0v) is 9.66. The molecule has 0 aliphatic rings. The topological polar surface area (TPSA) is 37.3 Å². The van der Waals surface area contributed by atoms with Gasteiger partial charge in [-0.1, -0.05) is 43.0 Å². The fourth-order valence-corrected chi connectivity index (χ4v) is 1.61. The van der Waals surface area contributed by atoms with Crippen LogP contribution in [-0.2, 0) is 4.79 Å². The highest BCUT2D eigenvalue weighted by atomic mass is 35.5. The van der Waals surface area contributed by atoms with Crippen LogP contribution in [0.15, 0.2) is 0 Å². The van der Waals surface area contributed by atoms with Gasteiger partial charge in [0.15, 0.2) is 0 Å². The lowest BCUT2D eigenvalue weighted by Crippen LogP contribution is -2.34. The molecule has 0 aromatic heterocycles. The van der Waals surface area contributed by atoms with Gasteiger partial charge in [-0.25, -0.2) is 0 Å². The monoisotopic (exact) mass is 246 g/mol. The van der Waals surface area contributed by atoms with E-state index in [-0.39, 0.29) is 5.88 Å². The molecule has 0 fully saturated rings. The second-order valence-electron chi connectivity index (χ2n) is 2.93. The van der Waals surface area contributed by atoms with Crippen LogP contribution >= 0.6 is 34.8 Å². The zero-order valence-electron chi connectivity index (χ0n) is 7.40. The molecule has 0 amide bonds. The van der Waals surface area contributed by atoms with Crippen molar-refractivity contribution < 1.29 is 9.90 Å². The van der Waals surface area contributed by atoms with Crippen LogP contribution in [-0.4, -0.2) is 21.3 Å². The predicted molar refractivity (Wildman–Crippen MR) is 55.8 cm³/mol. The van der Waals surface area contributed by atoms with Crippen molar-refractivity contribution in [3.05, 3.63) is 0 Å². The van der Waals surface area contributed by atoms with E-state index < -0.39 is 16.2 Å². The van der Waals surface area contributed by atoms with Crippen LogP contribution in [0.1, 0.15) is 26.2 Å². The number of carboxylic acids is 1. The standard InChI is InChI=1S/C8H13Cl3O2/c1-2-3-4-6(7(12)13)8(10,11)5-9/h6H,2-5H2,1H3,(H,12,13). The van der Waals surface area contributed by atoms with E-state index in [1.807, 2.05) is 6.92 Å². The van der Waals surface area contributed by atoms with Gasteiger partial charge in [-0.2, -0.15) is 0 Å². The third-order valence-electron chi connectivity index (χ3n) is 1.83. The van der Waals surface area contributed by atoms with Crippen molar-refractivity contribution in [2.24, 2.45) is 5.92 Å². The molecule has 5 heteroatoms. The molecule has 0 aromatic carbocycles.